The zero-order valence-corrected chi connectivity index (χ0v) is 15.8. The highest BCUT2D eigenvalue weighted by molar-refractivity contribution is 5.79. The number of carbonyl (C=O) groups excluding carboxylic acids is 2. The number of nitrogens with zero attached hydrogens (tertiary/aromatic N) is 1. The fourth-order valence-corrected chi connectivity index (χ4v) is 5.32. The predicted octanol–water partition coefficient (Wildman–Crippen LogP) is 4.11. The Hall–Kier alpha value is -1.91. The van der Waals surface area contributed by atoms with Crippen LogP contribution in [0.25, 0.3) is 0 Å². The van der Waals surface area contributed by atoms with Gasteiger partial charge in [0.15, 0.2) is 0 Å². The molecule has 1 aromatic rings. The molecule has 4 rings (SSSR count). The van der Waals surface area contributed by atoms with Crippen molar-refractivity contribution in [1.29, 1.82) is 0 Å². The van der Waals surface area contributed by atoms with Gasteiger partial charge in [-0.25, -0.2) is 4.39 Å². The zero-order valence-electron chi connectivity index (χ0n) is 15.8. The van der Waals surface area contributed by atoms with Gasteiger partial charge in [0.1, 0.15) is 5.82 Å². The largest absolute Gasteiger partial charge is 0.351 e. The molecule has 1 saturated carbocycles. The predicted molar refractivity (Wildman–Crippen MR) is 101 cm³/mol. The van der Waals surface area contributed by atoms with E-state index in [1.165, 1.54) is 31.7 Å². The fraction of sp³-hybridized carbons (Fsp3) is 0.636. The van der Waals surface area contributed by atoms with Crippen molar-refractivity contribution in [3.8, 4) is 0 Å². The molecule has 2 amide bonds. The van der Waals surface area contributed by atoms with E-state index in [1.807, 2.05) is 11.0 Å². The summed E-state index contributed by atoms with van der Waals surface area (Å²) in [5, 5.41) is 3.09. The van der Waals surface area contributed by atoms with E-state index in [9.17, 15) is 14.0 Å². The monoisotopic (exact) mass is 372 g/mol. The minimum Gasteiger partial charge on any atom is -0.351 e. The van der Waals surface area contributed by atoms with E-state index < -0.39 is 0 Å². The molecule has 1 aliphatic carbocycles. The van der Waals surface area contributed by atoms with Crippen LogP contribution < -0.4 is 5.32 Å². The van der Waals surface area contributed by atoms with Gasteiger partial charge in [-0.1, -0.05) is 43.9 Å². The molecule has 0 spiro atoms. The molecular formula is C22H29FN2O2. The molecule has 2 heterocycles. The van der Waals surface area contributed by atoms with Crippen LogP contribution >= 0.6 is 0 Å². The van der Waals surface area contributed by atoms with Crippen molar-refractivity contribution in [3.63, 3.8) is 0 Å². The number of rotatable bonds is 4. The smallest absolute Gasteiger partial charge is 0.223 e. The van der Waals surface area contributed by atoms with Gasteiger partial charge >= 0.3 is 0 Å². The molecule has 3 fully saturated rings. The highest BCUT2D eigenvalue weighted by atomic mass is 19.1. The number of carbonyl (C=O) groups is 2. The molecule has 1 aromatic carbocycles. The zero-order chi connectivity index (χ0) is 18.8. The van der Waals surface area contributed by atoms with Crippen molar-refractivity contribution in [3.05, 3.63) is 35.6 Å². The quantitative estimate of drug-likeness (QED) is 0.865. The summed E-state index contributed by atoms with van der Waals surface area (Å²) in [6.45, 7) is 0. The molecule has 2 saturated heterocycles. The van der Waals surface area contributed by atoms with Gasteiger partial charge in [0, 0.05) is 18.4 Å². The Morgan fingerprint density at radius 3 is 2.70 bits per heavy atom. The Bertz CT molecular complexity index is 701. The van der Waals surface area contributed by atoms with E-state index in [0.29, 0.717) is 30.7 Å². The van der Waals surface area contributed by atoms with Crippen molar-refractivity contribution < 1.29 is 14.0 Å². The van der Waals surface area contributed by atoms with Crippen LogP contribution in [0, 0.1) is 11.7 Å². The Kier molecular flexibility index (Phi) is 5.46. The van der Waals surface area contributed by atoms with Crippen molar-refractivity contribution in [1.82, 2.24) is 10.2 Å². The Labute approximate surface area is 160 Å². The van der Waals surface area contributed by atoms with Gasteiger partial charge < -0.3 is 10.2 Å². The van der Waals surface area contributed by atoms with Gasteiger partial charge in [-0.15, -0.1) is 0 Å². The molecule has 5 heteroatoms. The normalized spacial score (nSPS) is 28.7. The summed E-state index contributed by atoms with van der Waals surface area (Å²) in [5.41, 5.74) is 0.578. The lowest BCUT2D eigenvalue weighted by atomic mass is 10.00. The second kappa shape index (κ2) is 7.99. The van der Waals surface area contributed by atoms with Gasteiger partial charge in [-0.05, 0) is 37.7 Å². The van der Waals surface area contributed by atoms with Gasteiger partial charge in [-0.2, -0.15) is 0 Å². The number of benzene rings is 1. The molecule has 0 aromatic heterocycles. The maximum Gasteiger partial charge on any atom is 0.223 e. The number of likely N-dealkylation sites (tertiary alicyclic amines) is 1. The summed E-state index contributed by atoms with van der Waals surface area (Å²) in [7, 11) is 0. The molecule has 27 heavy (non-hydrogen) atoms. The van der Waals surface area contributed by atoms with Crippen LogP contribution in [0.1, 0.15) is 75.8 Å². The van der Waals surface area contributed by atoms with Crippen LogP contribution in [0.5, 0.6) is 0 Å². The third-order valence-electron chi connectivity index (χ3n) is 6.68. The first-order valence-electron chi connectivity index (χ1n) is 10.5. The highest BCUT2D eigenvalue weighted by Gasteiger charge is 2.46. The number of nitrogens with one attached hydrogen (secondary N) is 1. The molecule has 0 bridgehead atoms. The van der Waals surface area contributed by atoms with Gasteiger partial charge in [0.2, 0.25) is 11.8 Å². The maximum absolute atomic E-state index is 14.5. The van der Waals surface area contributed by atoms with E-state index in [1.54, 1.807) is 12.1 Å². The van der Waals surface area contributed by atoms with Crippen LogP contribution in [0.15, 0.2) is 24.3 Å². The number of halogens is 1. The molecule has 3 aliphatic rings. The van der Waals surface area contributed by atoms with Crippen LogP contribution in [0.4, 0.5) is 4.39 Å². The lowest BCUT2D eigenvalue weighted by molar-refractivity contribution is -0.135. The lowest BCUT2D eigenvalue weighted by Crippen LogP contribution is -2.45. The molecule has 146 valence electrons. The van der Waals surface area contributed by atoms with Gasteiger partial charge in [0.25, 0.3) is 0 Å². The molecule has 0 radical (unpaired) electrons. The molecular weight excluding hydrogens is 343 g/mol. The minimum absolute atomic E-state index is 0.0165. The highest BCUT2D eigenvalue weighted by Crippen LogP contribution is 2.41. The van der Waals surface area contributed by atoms with Crippen molar-refractivity contribution in [2.45, 2.75) is 82.3 Å². The third-order valence-corrected chi connectivity index (χ3v) is 6.68. The Morgan fingerprint density at radius 1 is 1.15 bits per heavy atom. The first-order chi connectivity index (χ1) is 13.1. The summed E-state index contributed by atoms with van der Waals surface area (Å²) in [5.74, 6) is 0.570. The third kappa shape index (κ3) is 3.87. The van der Waals surface area contributed by atoms with E-state index in [4.69, 9.17) is 0 Å². The summed E-state index contributed by atoms with van der Waals surface area (Å²) >= 11 is 0. The molecule has 2 aliphatic heterocycles. The van der Waals surface area contributed by atoms with Crippen LogP contribution in [0.3, 0.4) is 0 Å². The lowest BCUT2D eigenvalue weighted by Gasteiger charge is -2.32. The summed E-state index contributed by atoms with van der Waals surface area (Å²) in [4.78, 5) is 27.2. The summed E-state index contributed by atoms with van der Waals surface area (Å²) < 4.78 is 14.5. The average molecular weight is 372 g/mol. The second-order valence-corrected chi connectivity index (χ2v) is 8.40. The van der Waals surface area contributed by atoms with E-state index >= 15 is 0 Å². The van der Waals surface area contributed by atoms with Crippen molar-refractivity contribution >= 4 is 11.8 Å². The number of hydrogen-bond donors (Lipinski definition) is 1. The first-order valence-corrected chi connectivity index (χ1v) is 10.5. The van der Waals surface area contributed by atoms with E-state index in [0.717, 1.165) is 19.3 Å². The van der Waals surface area contributed by atoms with E-state index in [2.05, 4.69) is 5.32 Å². The van der Waals surface area contributed by atoms with E-state index in [-0.39, 0.29) is 35.8 Å². The van der Waals surface area contributed by atoms with Crippen LogP contribution in [0.2, 0.25) is 0 Å². The van der Waals surface area contributed by atoms with Crippen molar-refractivity contribution in [2.24, 2.45) is 5.92 Å². The van der Waals surface area contributed by atoms with Crippen LogP contribution in [-0.2, 0) is 9.59 Å². The maximum atomic E-state index is 14.5. The number of amides is 2. The Balaban J connectivity index is 1.57. The van der Waals surface area contributed by atoms with Crippen molar-refractivity contribution in [2.75, 3.05) is 0 Å². The molecule has 1 N–H and O–H groups in total. The van der Waals surface area contributed by atoms with Gasteiger partial charge in [0.05, 0.1) is 18.1 Å². The number of fused-ring (bicyclic) bond motifs is 1. The SMILES string of the molecule is O=C1CCC[C@@H]2[C@H](C[C@H](c3ccccc3F)N2C(=O)CCC2CCCC2)N1. The average Bonchev–Trinajstić information content (AvgIpc) is 3.25. The minimum atomic E-state index is -0.282. The first kappa shape index (κ1) is 18.5. The molecule has 3 atom stereocenters. The second-order valence-electron chi connectivity index (χ2n) is 8.40. The summed E-state index contributed by atoms with van der Waals surface area (Å²) in [6.07, 6.45) is 9.18. The topological polar surface area (TPSA) is 49.4 Å². The molecule has 4 nitrogen and oxygen atoms in total. The standard InChI is InChI=1S/C22H29FN2O2/c23-17-9-4-3-8-16(17)20-14-18-19(10-5-11-21(26)24-18)25(20)22(27)13-12-15-6-1-2-7-15/h3-4,8-9,15,18-20H,1-2,5-7,10-14H2,(H,24,26)/t18-,19+,20+/m0/s1. The molecule has 0 unspecified atom stereocenters. The number of hydrogen-bond acceptors (Lipinski definition) is 2. The summed E-state index contributed by atoms with van der Waals surface area (Å²) in [6, 6.07) is 6.38. The fourth-order valence-electron chi connectivity index (χ4n) is 5.32. The van der Waals surface area contributed by atoms with Crippen LogP contribution in [-0.4, -0.2) is 28.8 Å². The van der Waals surface area contributed by atoms with Gasteiger partial charge in [-0.3, -0.25) is 9.59 Å². The Morgan fingerprint density at radius 2 is 1.93 bits per heavy atom.